The topological polar surface area (TPSA) is 12.5 Å². The highest BCUT2D eigenvalue weighted by molar-refractivity contribution is 6.30. The van der Waals surface area contributed by atoms with Gasteiger partial charge in [0, 0.05) is 42.4 Å². The highest BCUT2D eigenvalue weighted by Crippen LogP contribution is 2.58. The van der Waals surface area contributed by atoms with Crippen LogP contribution in [-0.2, 0) is 0 Å². The van der Waals surface area contributed by atoms with E-state index >= 15 is 0 Å². The summed E-state index contributed by atoms with van der Waals surface area (Å²) >= 11 is 5.90. The molecule has 0 N–H and O–H groups in total. The Balaban J connectivity index is 1.72. The smallest absolute Gasteiger partial charge is 0.249 e. The standard InChI is InChI=1S/C13H14ClF2NO/c1-18-11-4-9(14)2-3-10(11)17-7-12(8-17)5-13(15,16)6-12/h2-4H,5-8H2,1H3. The first kappa shape index (κ1) is 12.0. The number of alkyl halides is 2. The molecule has 1 aromatic rings. The third-order valence-corrected chi connectivity index (χ3v) is 4.04. The first-order chi connectivity index (χ1) is 8.43. The van der Waals surface area contributed by atoms with Crippen LogP contribution in [0.5, 0.6) is 5.75 Å². The highest BCUT2D eigenvalue weighted by atomic mass is 35.5. The summed E-state index contributed by atoms with van der Waals surface area (Å²) in [4.78, 5) is 2.07. The molecule has 2 fully saturated rings. The average Bonchev–Trinajstić information content (AvgIpc) is 2.22. The van der Waals surface area contributed by atoms with E-state index in [9.17, 15) is 8.78 Å². The molecule has 5 heteroatoms. The monoisotopic (exact) mass is 273 g/mol. The molecular formula is C13H14ClF2NO. The van der Waals surface area contributed by atoms with Crippen LogP contribution >= 0.6 is 11.6 Å². The van der Waals surface area contributed by atoms with Gasteiger partial charge >= 0.3 is 0 Å². The lowest BCUT2D eigenvalue weighted by atomic mass is 9.61. The van der Waals surface area contributed by atoms with Crippen LogP contribution in [0.2, 0.25) is 5.02 Å². The number of hydrogen-bond acceptors (Lipinski definition) is 2. The predicted octanol–water partition coefficient (Wildman–Crippen LogP) is 3.58. The van der Waals surface area contributed by atoms with Gasteiger partial charge in [-0.15, -0.1) is 0 Å². The third-order valence-electron chi connectivity index (χ3n) is 3.80. The van der Waals surface area contributed by atoms with Gasteiger partial charge in [0.25, 0.3) is 0 Å². The summed E-state index contributed by atoms with van der Waals surface area (Å²) in [5.41, 5.74) is 0.761. The van der Waals surface area contributed by atoms with E-state index in [4.69, 9.17) is 16.3 Å². The van der Waals surface area contributed by atoms with Gasteiger partial charge in [0.15, 0.2) is 0 Å². The van der Waals surface area contributed by atoms with Crippen molar-refractivity contribution in [3.63, 3.8) is 0 Å². The largest absolute Gasteiger partial charge is 0.495 e. The van der Waals surface area contributed by atoms with Crippen molar-refractivity contribution in [3.05, 3.63) is 23.2 Å². The molecule has 0 unspecified atom stereocenters. The molecule has 0 bridgehead atoms. The van der Waals surface area contributed by atoms with Crippen LogP contribution in [0.4, 0.5) is 14.5 Å². The molecule has 1 aliphatic carbocycles. The van der Waals surface area contributed by atoms with Crippen LogP contribution in [-0.4, -0.2) is 26.1 Å². The van der Waals surface area contributed by atoms with E-state index in [1.165, 1.54) is 0 Å². The van der Waals surface area contributed by atoms with Crippen molar-refractivity contribution >= 4 is 17.3 Å². The summed E-state index contributed by atoms with van der Waals surface area (Å²) in [5.74, 6) is -1.75. The fraction of sp³-hybridized carbons (Fsp3) is 0.538. The van der Waals surface area contributed by atoms with Gasteiger partial charge in [0.1, 0.15) is 5.75 Å². The van der Waals surface area contributed by atoms with E-state index in [0.717, 1.165) is 5.69 Å². The number of methoxy groups -OCH3 is 1. The molecule has 3 rings (SSSR count). The zero-order valence-electron chi connectivity index (χ0n) is 10.0. The van der Waals surface area contributed by atoms with Gasteiger partial charge < -0.3 is 9.64 Å². The second-order valence-corrected chi connectivity index (χ2v) is 5.82. The molecule has 0 amide bonds. The summed E-state index contributed by atoms with van der Waals surface area (Å²) in [6, 6.07) is 5.42. The Morgan fingerprint density at radius 2 is 1.94 bits per heavy atom. The minimum absolute atomic E-state index is 0.0202. The predicted molar refractivity (Wildman–Crippen MR) is 66.8 cm³/mol. The fourth-order valence-electron chi connectivity index (χ4n) is 3.12. The maximum atomic E-state index is 12.9. The zero-order chi connectivity index (χ0) is 13.0. The third kappa shape index (κ3) is 1.83. The molecule has 1 saturated heterocycles. The van der Waals surface area contributed by atoms with Crippen molar-refractivity contribution in [2.45, 2.75) is 18.8 Å². The molecule has 18 heavy (non-hydrogen) atoms. The van der Waals surface area contributed by atoms with E-state index in [1.54, 1.807) is 19.2 Å². The molecule has 1 saturated carbocycles. The minimum atomic E-state index is -2.45. The number of anilines is 1. The Morgan fingerprint density at radius 3 is 2.50 bits per heavy atom. The lowest BCUT2D eigenvalue weighted by Crippen LogP contribution is -2.66. The van der Waals surface area contributed by atoms with Gasteiger partial charge in [-0.3, -0.25) is 0 Å². The van der Waals surface area contributed by atoms with Crippen LogP contribution in [0.3, 0.4) is 0 Å². The van der Waals surface area contributed by atoms with Crippen molar-refractivity contribution in [2.75, 3.05) is 25.1 Å². The number of hydrogen-bond donors (Lipinski definition) is 0. The van der Waals surface area contributed by atoms with E-state index < -0.39 is 5.92 Å². The van der Waals surface area contributed by atoms with Gasteiger partial charge in [0.2, 0.25) is 5.92 Å². The Bertz CT molecular complexity index is 476. The molecular weight excluding hydrogens is 260 g/mol. The number of benzene rings is 1. The first-order valence-electron chi connectivity index (χ1n) is 5.89. The maximum absolute atomic E-state index is 12.9. The molecule has 0 radical (unpaired) electrons. The number of nitrogens with zero attached hydrogens (tertiary/aromatic N) is 1. The maximum Gasteiger partial charge on any atom is 0.249 e. The normalized spacial score (nSPS) is 23.4. The van der Waals surface area contributed by atoms with Gasteiger partial charge in [-0.25, -0.2) is 8.78 Å². The molecule has 0 aromatic heterocycles. The molecule has 2 nitrogen and oxygen atoms in total. The zero-order valence-corrected chi connectivity index (χ0v) is 10.8. The second kappa shape index (κ2) is 3.73. The lowest BCUT2D eigenvalue weighted by molar-refractivity contribution is -0.170. The van der Waals surface area contributed by atoms with Gasteiger partial charge in [0.05, 0.1) is 12.8 Å². The van der Waals surface area contributed by atoms with Crippen LogP contribution in [0.1, 0.15) is 12.8 Å². The molecule has 1 spiro atoms. The fourth-order valence-corrected chi connectivity index (χ4v) is 3.28. The molecule has 1 heterocycles. The van der Waals surface area contributed by atoms with Crippen LogP contribution in [0, 0.1) is 5.41 Å². The van der Waals surface area contributed by atoms with Crippen LogP contribution in [0.15, 0.2) is 18.2 Å². The van der Waals surface area contributed by atoms with Crippen molar-refractivity contribution in [2.24, 2.45) is 5.41 Å². The number of ether oxygens (including phenoxy) is 1. The Hall–Kier alpha value is -1.03. The molecule has 1 aromatic carbocycles. The van der Waals surface area contributed by atoms with Gasteiger partial charge in [-0.2, -0.15) is 0 Å². The van der Waals surface area contributed by atoms with Crippen molar-refractivity contribution < 1.29 is 13.5 Å². The van der Waals surface area contributed by atoms with Crippen molar-refractivity contribution in [1.82, 2.24) is 0 Å². The Kier molecular flexibility index (Phi) is 2.49. The van der Waals surface area contributed by atoms with Crippen molar-refractivity contribution in [3.8, 4) is 5.75 Å². The van der Waals surface area contributed by atoms with Crippen LogP contribution < -0.4 is 9.64 Å². The van der Waals surface area contributed by atoms with Crippen LogP contribution in [0.25, 0.3) is 0 Å². The number of rotatable bonds is 2. The van der Waals surface area contributed by atoms with Gasteiger partial charge in [-0.1, -0.05) is 11.6 Å². The number of halogens is 3. The minimum Gasteiger partial charge on any atom is -0.495 e. The summed E-state index contributed by atoms with van der Waals surface area (Å²) in [7, 11) is 1.59. The van der Waals surface area contributed by atoms with E-state index in [2.05, 4.69) is 4.90 Å². The summed E-state index contributed by atoms with van der Waals surface area (Å²) in [5, 5.41) is 0.612. The van der Waals surface area contributed by atoms with Gasteiger partial charge in [-0.05, 0) is 12.1 Å². The average molecular weight is 274 g/mol. The Morgan fingerprint density at radius 1 is 1.28 bits per heavy atom. The summed E-state index contributed by atoms with van der Waals surface area (Å²) in [6.07, 6.45) is 0.0405. The molecule has 1 aliphatic heterocycles. The SMILES string of the molecule is COc1cc(Cl)ccc1N1CC2(C1)CC(F)(F)C2. The summed E-state index contributed by atoms with van der Waals surface area (Å²) < 4.78 is 31.1. The first-order valence-corrected chi connectivity index (χ1v) is 6.27. The quantitative estimate of drug-likeness (QED) is 0.817. The van der Waals surface area contributed by atoms with E-state index in [1.807, 2.05) is 6.07 Å². The van der Waals surface area contributed by atoms with E-state index in [0.29, 0.717) is 23.9 Å². The van der Waals surface area contributed by atoms with Crippen molar-refractivity contribution in [1.29, 1.82) is 0 Å². The molecule has 98 valence electrons. The molecule has 0 atom stereocenters. The second-order valence-electron chi connectivity index (χ2n) is 5.38. The molecule has 2 aliphatic rings. The lowest BCUT2D eigenvalue weighted by Gasteiger charge is -2.59. The Labute approximate surface area is 109 Å². The highest BCUT2D eigenvalue weighted by Gasteiger charge is 2.61. The van der Waals surface area contributed by atoms with E-state index in [-0.39, 0.29) is 18.3 Å². The summed E-state index contributed by atoms with van der Waals surface area (Å²) in [6.45, 7) is 1.36.